The molecule has 4 heteroatoms. The molecule has 1 rings (SSSR count). The van der Waals surface area contributed by atoms with E-state index in [1.807, 2.05) is 0 Å². The Bertz CT molecular complexity index is 227. The molecule has 0 aromatic carbocycles. The van der Waals surface area contributed by atoms with Crippen LogP contribution in [0.15, 0.2) is 0 Å². The molecule has 0 bridgehead atoms. The van der Waals surface area contributed by atoms with Crippen LogP contribution in [0.5, 0.6) is 0 Å². The normalized spacial score (nSPS) is 16.1. The third kappa shape index (κ3) is 5.91. The fourth-order valence-corrected chi connectivity index (χ4v) is 1.74. The molecule has 1 saturated carbocycles. The zero-order chi connectivity index (χ0) is 12.7. The Morgan fingerprint density at radius 1 is 1.35 bits per heavy atom. The van der Waals surface area contributed by atoms with Crippen molar-refractivity contribution in [3.63, 3.8) is 0 Å². The first-order valence-corrected chi connectivity index (χ1v) is 6.84. The van der Waals surface area contributed by atoms with Gasteiger partial charge in [0.15, 0.2) is 0 Å². The molecule has 0 radical (unpaired) electrons. The molecule has 1 aliphatic rings. The van der Waals surface area contributed by atoms with E-state index >= 15 is 0 Å². The summed E-state index contributed by atoms with van der Waals surface area (Å²) in [5, 5.41) is 5.89. The smallest absolute Gasteiger partial charge is 0.315 e. The van der Waals surface area contributed by atoms with Gasteiger partial charge in [0.05, 0.1) is 0 Å². The lowest BCUT2D eigenvalue weighted by atomic mass is 9.93. The predicted octanol–water partition coefficient (Wildman–Crippen LogP) is 1.96. The van der Waals surface area contributed by atoms with Crippen LogP contribution in [0.3, 0.4) is 0 Å². The fourth-order valence-electron chi connectivity index (χ4n) is 1.74. The van der Waals surface area contributed by atoms with Gasteiger partial charge in [-0.05, 0) is 59.5 Å². The highest BCUT2D eigenvalue weighted by molar-refractivity contribution is 5.74. The van der Waals surface area contributed by atoms with Gasteiger partial charge < -0.3 is 15.5 Å². The molecular weight excluding hydrogens is 214 g/mol. The average molecular weight is 241 g/mol. The number of amides is 2. The molecule has 0 heterocycles. The lowest BCUT2D eigenvalue weighted by Gasteiger charge is -2.26. The first kappa shape index (κ1) is 14.3. The molecular formula is C13H27N3O. The quantitative estimate of drug-likeness (QED) is 0.669. The van der Waals surface area contributed by atoms with Crippen LogP contribution in [-0.2, 0) is 0 Å². The Morgan fingerprint density at radius 3 is 2.59 bits per heavy atom. The van der Waals surface area contributed by atoms with E-state index < -0.39 is 0 Å². The van der Waals surface area contributed by atoms with Crippen molar-refractivity contribution in [1.82, 2.24) is 15.5 Å². The van der Waals surface area contributed by atoms with E-state index in [9.17, 15) is 4.79 Å². The van der Waals surface area contributed by atoms with Crippen molar-refractivity contribution in [2.24, 2.45) is 0 Å². The summed E-state index contributed by atoms with van der Waals surface area (Å²) in [6.07, 6.45) is 5.74. The number of carbonyl (C=O) groups is 1. The summed E-state index contributed by atoms with van der Waals surface area (Å²) < 4.78 is 0. The van der Waals surface area contributed by atoms with Crippen molar-refractivity contribution < 1.29 is 4.79 Å². The van der Waals surface area contributed by atoms with Gasteiger partial charge in [0.25, 0.3) is 0 Å². The predicted molar refractivity (Wildman–Crippen MR) is 71.2 cm³/mol. The van der Waals surface area contributed by atoms with Crippen LogP contribution >= 0.6 is 0 Å². The average Bonchev–Trinajstić information content (AvgIpc) is 2.22. The molecule has 100 valence electrons. The maximum absolute atomic E-state index is 11.4. The molecule has 1 aliphatic carbocycles. The van der Waals surface area contributed by atoms with E-state index in [0.717, 1.165) is 38.8 Å². The number of hydrogen-bond acceptors (Lipinski definition) is 2. The lowest BCUT2D eigenvalue weighted by Crippen LogP contribution is -2.45. The third-order valence-corrected chi connectivity index (χ3v) is 3.55. The summed E-state index contributed by atoms with van der Waals surface area (Å²) in [5.41, 5.74) is 0. The molecule has 0 aromatic heterocycles. The number of rotatable bonds is 7. The molecule has 0 aromatic rings. The number of carbonyl (C=O) groups excluding carboxylic acids is 1. The number of nitrogens with one attached hydrogen (secondary N) is 2. The monoisotopic (exact) mass is 241 g/mol. The molecule has 2 N–H and O–H groups in total. The Morgan fingerprint density at radius 2 is 2.06 bits per heavy atom. The minimum atomic E-state index is 0.00640. The maximum Gasteiger partial charge on any atom is 0.315 e. The molecule has 2 amide bonds. The second kappa shape index (κ2) is 7.54. The second-order valence-electron chi connectivity index (χ2n) is 5.31. The van der Waals surface area contributed by atoms with E-state index in [0.29, 0.717) is 12.1 Å². The Kier molecular flexibility index (Phi) is 6.34. The fraction of sp³-hybridized carbons (Fsp3) is 0.923. The number of hydrogen-bond donors (Lipinski definition) is 2. The van der Waals surface area contributed by atoms with Gasteiger partial charge in [0.1, 0.15) is 0 Å². The van der Waals surface area contributed by atoms with Crippen LogP contribution in [0.2, 0.25) is 0 Å². The van der Waals surface area contributed by atoms with Gasteiger partial charge in [-0.2, -0.15) is 0 Å². The minimum Gasteiger partial charge on any atom is -0.338 e. The van der Waals surface area contributed by atoms with Crippen LogP contribution in [0.1, 0.15) is 46.0 Å². The van der Waals surface area contributed by atoms with Crippen molar-refractivity contribution >= 4 is 6.03 Å². The molecule has 0 spiro atoms. The third-order valence-electron chi connectivity index (χ3n) is 3.55. The largest absolute Gasteiger partial charge is 0.338 e. The first-order chi connectivity index (χ1) is 8.09. The van der Waals surface area contributed by atoms with Crippen molar-refractivity contribution in [1.29, 1.82) is 0 Å². The summed E-state index contributed by atoms with van der Waals surface area (Å²) in [6, 6.07) is 1.04. The summed E-state index contributed by atoms with van der Waals surface area (Å²) in [7, 11) is 2.14. The summed E-state index contributed by atoms with van der Waals surface area (Å²) >= 11 is 0. The summed E-state index contributed by atoms with van der Waals surface area (Å²) in [4.78, 5) is 13.7. The van der Waals surface area contributed by atoms with Gasteiger partial charge in [0, 0.05) is 18.6 Å². The maximum atomic E-state index is 11.4. The highest BCUT2D eigenvalue weighted by atomic mass is 16.2. The standard InChI is InChI=1S/C13H27N3O/c1-11(2)16(3)10-5-4-9-14-13(17)15-12-7-6-8-12/h11-12H,4-10H2,1-3H3,(H2,14,15,17). The van der Waals surface area contributed by atoms with Crippen molar-refractivity contribution in [2.75, 3.05) is 20.1 Å². The van der Waals surface area contributed by atoms with Crippen LogP contribution in [-0.4, -0.2) is 43.2 Å². The van der Waals surface area contributed by atoms with Crippen LogP contribution in [0.25, 0.3) is 0 Å². The highest BCUT2D eigenvalue weighted by Gasteiger charge is 2.18. The Hall–Kier alpha value is -0.770. The SMILES string of the molecule is CC(C)N(C)CCCCNC(=O)NC1CCC1. The second-order valence-corrected chi connectivity index (χ2v) is 5.31. The Labute approximate surface area is 105 Å². The topological polar surface area (TPSA) is 44.4 Å². The van der Waals surface area contributed by atoms with Gasteiger partial charge >= 0.3 is 6.03 Å². The number of unbranched alkanes of at least 4 members (excludes halogenated alkanes) is 1. The zero-order valence-corrected chi connectivity index (χ0v) is 11.5. The molecule has 0 atom stereocenters. The molecule has 4 nitrogen and oxygen atoms in total. The molecule has 0 saturated heterocycles. The number of nitrogens with zero attached hydrogens (tertiary/aromatic N) is 1. The van der Waals surface area contributed by atoms with E-state index in [2.05, 4.69) is 36.4 Å². The van der Waals surface area contributed by atoms with Crippen LogP contribution < -0.4 is 10.6 Å². The van der Waals surface area contributed by atoms with E-state index in [4.69, 9.17) is 0 Å². The van der Waals surface area contributed by atoms with E-state index in [1.54, 1.807) is 0 Å². The van der Waals surface area contributed by atoms with Crippen molar-refractivity contribution in [2.45, 2.75) is 58.0 Å². The zero-order valence-electron chi connectivity index (χ0n) is 11.5. The molecule has 1 fully saturated rings. The van der Waals surface area contributed by atoms with Gasteiger partial charge in [-0.25, -0.2) is 4.79 Å². The van der Waals surface area contributed by atoms with Gasteiger partial charge in [0.2, 0.25) is 0 Å². The van der Waals surface area contributed by atoms with E-state index in [-0.39, 0.29) is 6.03 Å². The Balaban J connectivity index is 1.91. The highest BCUT2D eigenvalue weighted by Crippen LogP contribution is 2.17. The molecule has 17 heavy (non-hydrogen) atoms. The van der Waals surface area contributed by atoms with Gasteiger partial charge in [-0.1, -0.05) is 0 Å². The van der Waals surface area contributed by atoms with Crippen LogP contribution in [0, 0.1) is 0 Å². The minimum absolute atomic E-state index is 0.00640. The van der Waals surface area contributed by atoms with Crippen molar-refractivity contribution in [3.05, 3.63) is 0 Å². The summed E-state index contributed by atoms with van der Waals surface area (Å²) in [5.74, 6) is 0. The van der Waals surface area contributed by atoms with E-state index in [1.165, 1.54) is 6.42 Å². The van der Waals surface area contributed by atoms with Crippen LogP contribution in [0.4, 0.5) is 4.79 Å². The lowest BCUT2D eigenvalue weighted by molar-refractivity contribution is 0.227. The van der Waals surface area contributed by atoms with Gasteiger partial charge in [-0.3, -0.25) is 0 Å². The molecule has 0 unspecified atom stereocenters. The van der Waals surface area contributed by atoms with Gasteiger partial charge in [-0.15, -0.1) is 0 Å². The van der Waals surface area contributed by atoms with Crippen molar-refractivity contribution in [3.8, 4) is 0 Å². The number of urea groups is 1. The summed E-state index contributed by atoms with van der Waals surface area (Å²) in [6.45, 7) is 6.28. The first-order valence-electron chi connectivity index (χ1n) is 6.84. The molecule has 0 aliphatic heterocycles.